The molecule has 0 unspecified atom stereocenters. The molecule has 0 saturated heterocycles. The average molecular weight is 305 g/mol. The van der Waals surface area contributed by atoms with E-state index in [-0.39, 0.29) is 17.2 Å². The number of nitrogens with two attached hydrogens (primary N) is 1. The van der Waals surface area contributed by atoms with E-state index in [1.54, 1.807) is 6.07 Å². The number of nitrogens with one attached hydrogen (secondary N) is 1. The van der Waals surface area contributed by atoms with Crippen LogP contribution in [-0.2, 0) is 0 Å². The number of rotatable bonds is 5. The van der Waals surface area contributed by atoms with Crippen molar-refractivity contribution in [3.63, 3.8) is 0 Å². The summed E-state index contributed by atoms with van der Waals surface area (Å²) in [5, 5.41) is 12.0. The van der Waals surface area contributed by atoms with E-state index in [0.29, 0.717) is 18.6 Å². The fourth-order valence-corrected chi connectivity index (χ4v) is 2.56. The highest BCUT2D eigenvalue weighted by atomic mass is 19.1. The monoisotopic (exact) mass is 305 g/mol. The SMILES string of the molecule is NCCNc1cc2c(C3CC3)cc(C(=O)O)c(=O)n2cc1F. The van der Waals surface area contributed by atoms with Crippen LogP contribution in [0, 0.1) is 5.82 Å². The summed E-state index contributed by atoms with van der Waals surface area (Å²) in [4.78, 5) is 23.4. The summed E-state index contributed by atoms with van der Waals surface area (Å²) in [7, 11) is 0. The Kier molecular flexibility index (Phi) is 3.58. The highest BCUT2D eigenvalue weighted by molar-refractivity contribution is 5.88. The molecule has 2 heterocycles. The van der Waals surface area contributed by atoms with Gasteiger partial charge in [-0.15, -0.1) is 0 Å². The van der Waals surface area contributed by atoms with E-state index < -0.39 is 17.3 Å². The van der Waals surface area contributed by atoms with Gasteiger partial charge in [0.05, 0.1) is 17.4 Å². The number of hydrogen-bond donors (Lipinski definition) is 3. The van der Waals surface area contributed by atoms with E-state index in [9.17, 15) is 14.0 Å². The molecule has 2 aromatic heterocycles. The Morgan fingerprint density at radius 1 is 1.45 bits per heavy atom. The van der Waals surface area contributed by atoms with E-state index in [0.717, 1.165) is 29.0 Å². The predicted molar refractivity (Wildman–Crippen MR) is 80.1 cm³/mol. The van der Waals surface area contributed by atoms with Gasteiger partial charge in [0.1, 0.15) is 5.56 Å². The molecule has 0 atom stereocenters. The van der Waals surface area contributed by atoms with Crippen molar-refractivity contribution >= 4 is 17.2 Å². The zero-order chi connectivity index (χ0) is 15.9. The largest absolute Gasteiger partial charge is 0.477 e. The third kappa shape index (κ3) is 2.43. The van der Waals surface area contributed by atoms with Crippen LogP contribution in [0.15, 0.2) is 23.1 Å². The minimum absolute atomic E-state index is 0.224. The Bertz CT molecular complexity index is 812. The molecule has 1 fully saturated rings. The third-order valence-corrected chi connectivity index (χ3v) is 3.79. The fourth-order valence-electron chi connectivity index (χ4n) is 2.56. The summed E-state index contributed by atoms with van der Waals surface area (Å²) in [6.07, 6.45) is 2.92. The molecular weight excluding hydrogens is 289 g/mol. The smallest absolute Gasteiger partial charge is 0.341 e. The second-order valence-electron chi connectivity index (χ2n) is 5.40. The average Bonchev–Trinajstić information content (AvgIpc) is 3.30. The van der Waals surface area contributed by atoms with Gasteiger partial charge in [0.15, 0.2) is 5.82 Å². The van der Waals surface area contributed by atoms with Crippen molar-refractivity contribution in [1.82, 2.24) is 4.40 Å². The second kappa shape index (κ2) is 5.42. The summed E-state index contributed by atoms with van der Waals surface area (Å²) < 4.78 is 15.2. The van der Waals surface area contributed by atoms with Crippen molar-refractivity contribution in [2.45, 2.75) is 18.8 Å². The maximum Gasteiger partial charge on any atom is 0.341 e. The van der Waals surface area contributed by atoms with Crippen molar-refractivity contribution in [3.8, 4) is 0 Å². The van der Waals surface area contributed by atoms with Crippen LogP contribution in [0.1, 0.15) is 34.7 Å². The Labute approximate surface area is 125 Å². The lowest BCUT2D eigenvalue weighted by Gasteiger charge is -2.13. The molecule has 0 amide bonds. The number of carbonyl (C=O) groups is 1. The van der Waals surface area contributed by atoms with E-state index in [1.807, 2.05) is 0 Å². The van der Waals surface area contributed by atoms with Gasteiger partial charge in [0.25, 0.3) is 5.56 Å². The van der Waals surface area contributed by atoms with Gasteiger partial charge in [-0.1, -0.05) is 0 Å². The highest BCUT2D eigenvalue weighted by Gasteiger charge is 2.28. The summed E-state index contributed by atoms with van der Waals surface area (Å²) in [6, 6.07) is 2.97. The topological polar surface area (TPSA) is 96.8 Å². The quantitative estimate of drug-likeness (QED) is 0.775. The normalized spacial score (nSPS) is 14.3. The Morgan fingerprint density at radius 3 is 2.77 bits per heavy atom. The van der Waals surface area contributed by atoms with Gasteiger partial charge in [-0.3, -0.25) is 9.20 Å². The first-order valence-corrected chi connectivity index (χ1v) is 7.09. The van der Waals surface area contributed by atoms with Crippen molar-refractivity contribution in [3.05, 3.63) is 45.6 Å². The van der Waals surface area contributed by atoms with Crippen molar-refractivity contribution in [1.29, 1.82) is 0 Å². The number of halogens is 1. The van der Waals surface area contributed by atoms with Gasteiger partial charge in [-0.05, 0) is 36.5 Å². The first-order chi connectivity index (χ1) is 10.5. The number of carboxylic acid groups (broad SMARTS) is 1. The van der Waals surface area contributed by atoms with Gasteiger partial charge >= 0.3 is 5.97 Å². The lowest BCUT2D eigenvalue weighted by atomic mass is 10.1. The van der Waals surface area contributed by atoms with Gasteiger partial charge < -0.3 is 16.2 Å². The summed E-state index contributed by atoms with van der Waals surface area (Å²) >= 11 is 0. The van der Waals surface area contributed by atoms with E-state index in [2.05, 4.69) is 5.32 Å². The number of carboxylic acids is 1. The molecule has 0 spiro atoms. The first-order valence-electron chi connectivity index (χ1n) is 7.09. The minimum atomic E-state index is -1.30. The molecule has 1 saturated carbocycles. The highest BCUT2D eigenvalue weighted by Crippen LogP contribution is 2.42. The molecule has 3 rings (SSSR count). The number of pyridine rings is 2. The number of hydrogen-bond acceptors (Lipinski definition) is 4. The van der Waals surface area contributed by atoms with Crippen LogP contribution in [0.2, 0.25) is 0 Å². The molecule has 116 valence electrons. The summed E-state index contributed by atoms with van der Waals surface area (Å²) in [6.45, 7) is 0.758. The standard InChI is InChI=1S/C15H16FN3O3/c16-11-7-19-13(6-12(11)18-4-3-17)9(8-1-2-8)5-10(14(19)20)15(21)22/h5-8,18H,1-4,17H2,(H,21,22). The number of fused-ring (bicyclic) bond motifs is 1. The van der Waals surface area contributed by atoms with E-state index >= 15 is 0 Å². The maximum absolute atomic E-state index is 14.1. The van der Waals surface area contributed by atoms with Crippen LogP contribution in [-0.4, -0.2) is 28.6 Å². The molecule has 22 heavy (non-hydrogen) atoms. The Hall–Kier alpha value is -2.41. The molecule has 1 aliphatic rings. The molecule has 1 aliphatic carbocycles. The van der Waals surface area contributed by atoms with Crippen LogP contribution in [0.4, 0.5) is 10.1 Å². The third-order valence-electron chi connectivity index (χ3n) is 3.79. The zero-order valence-electron chi connectivity index (χ0n) is 11.8. The van der Waals surface area contributed by atoms with Gasteiger partial charge in [-0.25, -0.2) is 9.18 Å². The van der Waals surface area contributed by atoms with Crippen LogP contribution in [0.3, 0.4) is 0 Å². The lowest BCUT2D eigenvalue weighted by Crippen LogP contribution is -2.24. The van der Waals surface area contributed by atoms with Crippen molar-refractivity contribution < 1.29 is 14.3 Å². The number of aromatic carboxylic acids is 1. The maximum atomic E-state index is 14.1. The second-order valence-corrected chi connectivity index (χ2v) is 5.40. The number of anilines is 1. The molecule has 0 aliphatic heterocycles. The molecule has 0 bridgehead atoms. The first kappa shape index (κ1) is 14.5. The Balaban J connectivity index is 2.27. The molecular formula is C15H16FN3O3. The van der Waals surface area contributed by atoms with E-state index in [4.69, 9.17) is 10.8 Å². The predicted octanol–water partition coefficient (Wildman–Crippen LogP) is 1.38. The van der Waals surface area contributed by atoms with Gasteiger partial charge in [-0.2, -0.15) is 0 Å². The number of aromatic nitrogens is 1. The molecule has 2 aromatic rings. The Morgan fingerprint density at radius 2 is 2.18 bits per heavy atom. The van der Waals surface area contributed by atoms with Crippen LogP contribution >= 0.6 is 0 Å². The van der Waals surface area contributed by atoms with Crippen LogP contribution in [0.25, 0.3) is 5.52 Å². The van der Waals surface area contributed by atoms with Gasteiger partial charge in [0, 0.05) is 13.1 Å². The van der Waals surface area contributed by atoms with Crippen LogP contribution in [0.5, 0.6) is 0 Å². The van der Waals surface area contributed by atoms with Crippen molar-refractivity contribution in [2.75, 3.05) is 18.4 Å². The molecule has 4 N–H and O–H groups in total. The molecule has 7 heteroatoms. The van der Waals surface area contributed by atoms with Crippen LogP contribution < -0.4 is 16.6 Å². The zero-order valence-corrected chi connectivity index (χ0v) is 11.8. The van der Waals surface area contributed by atoms with Gasteiger partial charge in [0.2, 0.25) is 0 Å². The van der Waals surface area contributed by atoms with Crippen molar-refractivity contribution in [2.24, 2.45) is 5.73 Å². The molecule has 6 nitrogen and oxygen atoms in total. The lowest BCUT2D eigenvalue weighted by molar-refractivity contribution is 0.0694. The van der Waals surface area contributed by atoms with E-state index in [1.165, 1.54) is 6.07 Å². The summed E-state index contributed by atoms with van der Waals surface area (Å²) in [5.41, 5.74) is 5.91. The summed E-state index contributed by atoms with van der Waals surface area (Å²) in [5.74, 6) is -1.69. The minimum Gasteiger partial charge on any atom is -0.477 e. The number of nitrogens with zero attached hydrogens (tertiary/aromatic N) is 1. The fraction of sp³-hybridized carbons (Fsp3) is 0.333. The molecule has 0 aromatic carbocycles. The molecule has 0 radical (unpaired) electrons.